The third-order valence-corrected chi connectivity index (χ3v) is 2.64. The van der Waals surface area contributed by atoms with E-state index >= 15 is 0 Å². The van der Waals surface area contributed by atoms with E-state index in [2.05, 4.69) is 24.3 Å². The van der Waals surface area contributed by atoms with Crippen molar-refractivity contribution < 1.29 is 0 Å². The van der Waals surface area contributed by atoms with E-state index in [9.17, 15) is 0 Å². The molecule has 1 aromatic carbocycles. The van der Waals surface area contributed by atoms with Gasteiger partial charge in [-0.05, 0) is 0 Å². The van der Waals surface area contributed by atoms with Crippen molar-refractivity contribution in [3.8, 4) is 0 Å². The number of rotatable bonds is 0. The van der Waals surface area contributed by atoms with Crippen molar-refractivity contribution in [2.45, 2.75) is 0 Å². The predicted molar refractivity (Wildman–Crippen MR) is 37.2 cm³/mol. The van der Waals surface area contributed by atoms with Gasteiger partial charge in [0.25, 0.3) is 0 Å². The van der Waals surface area contributed by atoms with E-state index in [0.29, 0.717) is 0 Å². The van der Waals surface area contributed by atoms with Gasteiger partial charge in [-0.15, -0.1) is 0 Å². The standard InChI is InChI=1S/C6H4.2Sn/c1-2-4-6-5-3-1;;/h1-3,6H;;. The number of benzene rings is 1. The van der Waals surface area contributed by atoms with Crippen LogP contribution in [0.4, 0.5) is 0 Å². The second kappa shape index (κ2) is 3.10. The van der Waals surface area contributed by atoms with E-state index in [1.54, 1.807) is 0 Å². The molecule has 0 aliphatic carbocycles. The van der Waals surface area contributed by atoms with Crippen LogP contribution in [0.2, 0.25) is 0 Å². The molecule has 0 nitrogen and oxygen atoms in total. The first-order valence-corrected chi connectivity index (χ1v) is 5.18. The zero-order valence-corrected chi connectivity index (χ0v) is 10.0. The molecule has 0 spiro atoms. The Hall–Kier alpha value is 0.817. The first-order valence-electron chi connectivity index (χ1n) is 2.32. The molecule has 36 valence electrons. The SMILES string of the molecule is [Sn][c]1ccc[c]([Sn])c1. The van der Waals surface area contributed by atoms with Gasteiger partial charge in [-0.1, -0.05) is 0 Å². The summed E-state index contributed by atoms with van der Waals surface area (Å²) in [6.45, 7) is 0. The van der Waals surface area contributed by atoms with Crippen molar-refractivity contribution in [3.05, 3.63) is 24.3 Å². The van der Waals surface area contributed by atoms with Crippen LogP contribution in [0.1, 0.15) is 0 Å². The van der Waals surface area contributed by atoms with E-state index in [1.165, 1.54) is 52.2 Å². The van der Waals surface area contributed by atoms with Gasteiger partial charge in [-0.3, -0.25) is 0 Å². The molecule has 0 saturated carbocycles. The fourth-order valence-corrected chi connectivity index (χ4v) is 3.13. The summed E-state index contributed by atoms with van der Waals surface area (Å²) in [5, 5.41) is 0. The molecule has 0 N–H and O–H groups in total. The van der Waals surface area contributed by atoms with E-state index in [1.807, 2.05) is 0 Å². The third-order valence-electron chi connectivity index (χ3n) is 0.863. The Morgan fingerprint density at radius 3 is 1.75 bits per heavy atom. The quantitative estimate of drug-likeness (QED) is 0.554. The van der Waals surface area contributed by atoms with Crippen LogP contribution in [0.5, 0.6) is 0 Å². The minimum absolute atomic E-state index is 1.45. The molecule has 0 saturated heterocycles. The molecule has 0 amide bonds. The Bertz CT molecular complexity index is 166. The van der Waals surface area contributed by atoms with Gasteiger partial charge < -0.3 is 0 Å². The fourth-order valence-electron chi connectivity index (χ4n) is 0.519. The monoisotopic (exact) mass is 316 g/mol. The molecular formula is C6H4Sn2. The third kappa shape index (κ3) is 1.97. The molecule has 0 fully saturated rings. The van der Waals surface area contributed by atoms with Gasteiger partial charge >= 0.3 is 76.5 Å². The predicted octanol–water partition coefficient (Wildman–Crippen LogP) is -0.726. The van der Waals surface area contributed by atoms with Gasteiger partial charge in [0.15, 0.2) is 0 Å². The van der Waals surface area contributed by atoms with Gasteiger partial charge in [0.1, 0.15) is 0 Å². The summed E-state index contributed by atoms with van der Waals surface area (Å²) in [5.74, 6) is 0. The van der Waals surface area contributed by atoms with Crippen LogP contribution in [0.3, 0.4) is 0 Å². The maximum atomic E-state index is 2.25. The molecule has 6 radical (unpaired) electrons. The van der Waals surface area contributed by atoms with Crippen LogP contribution in [-0.4, -0.2) is 45.0 Å². The molecule has 8 heavy (non-hydrogen) atoms. The summed E-state index contributed by atoms with van der Waals surface area (Å²) in [5.41, 5.74) is 0. The second-order valence-corrected chi connectivity index (χ2v) is 4.88. The van der Waals surface area contributed by atoms with E-state index in [-0.39, 0.29) is 0 Å². The van der Waals surface area contributed by atoms with E-state index < -0.39 is 0 Å². The molecule has 0 aromatic heterocycles. The first-order chi connectivity index (χ1) is 3.79. The normalized spacial score (nSPS) is 9.25. The molecule has 0 aliphatic rings. The van der Waals surface area contributed by atoms with Crippen molar-refractivity contribution in [2.24, 2.45) is 0 Å². The summed E-state index contributed by atoms with van der Waals surface area (Å²) in [6.07, 6.45) is 0. The summed E-state index contributed by atoms with van der Waals surface area (Å²) in [4.78, 5) is 0. The van der Waals surface area contributed by atoms with Crippen molar-refractivity contribution in [3.63, 3.8) is 0 Å². The van der Waals surface area contributed by atoms with Gasteiger partial charge in [0, 0.05) is 0 Å². The number of hydrogen-bond acceptors (Lipinski definition) is 0. The van der Waals surface area contributed by atoms with Gasteiger partial charge in [-0.25, -0.2) is 0 Å². The zero-order valence-electron chi connectivity index (χ0n) is 4.31. The molecule has 0 heterocycles. The van der Waals surface area contributed by atoms with Crippen LogP contribution in [0.25, 0.3) is 0 Å². The Balaban J connectivity index is 3.08. The number of hydrogen-bond donors (Lipinski definition) is 0. The van der Waals surface area contributed by atoms with Crippen molar-refractivity contribution in [2.75, 3.05) is 0 Å². The molecule has 0 aliphatic heterocycles. The summed E-state index contributed by atoms with van der Waals surface area (Å²) in [6, 6.07) is 8.68. The van der Waals surface area contributed by atoms with E-state index in [0.717, 1.165) is 0 Å². The Kier molecular flexibility index (Phi) is 2.69. The second-order valence-electron chi connectivity index (χ2n) is 1.58. The van der Waals surface area contributed by atoms with Crippen molar-refractivity contribution >= 4 is 52.2 Å². The Morgan fingerprint density at radius 2 is 1.50 bits per heavy atom. The van der Waals surface area contributed by atoms with Crippen LogP contribution in [-0.2, 0) is 0 Å². The van der Waals surface area contributed by atoms with Gasteiger partial charge in [-0.2, -0.15) is 0 Å². The van der Waals surface area contributed by atoms with Gasteiger partial charge in [0.05, 0.1) is 0 Å². The Morgan fingerprint density at radius 1 is 1.00 bits per heavy atom. The fraction of sp³-hybridized carbons (Fsp3) is 0. The maximum absolute atomic E-state index is 2.25. The molecular weight excluding hydrogens is 309 g/mol. The van der Waals surface area contributed by atoms with Crippen molar-refractivity contribution in [1.29, 1.82) is 0 Å². The summed E-state index contributed by atoms with van der Waals surface area (Å²) in [7, 11) is 0. The summed E-state index contributed by atoms with van der Waals surface area (Å²) >= 11 is 3.03. The molecule has 1 rings (SSSR count). The molecule has 0 bridgehead atoms. The molecule has 0 unspecified atom stereocenters. The minimum atomic E-state index is 1.45. The first kappa shape index (κ1) is 6.93. The van der Waals surface area contributed by atoms with Crippen LogP contribution in [0, 0.1) is 0 Å². The molecule has 1 aromatic rings. The van der Waals surface area contributed by atoms with Crippen molar-refractivity contribution in [1.82, 2.24) is 0 Å². The molecule has 2 heteroatoms. The topological polar surface area (TPSA) is 0 Å². The average molecular weight is 314 g/mol. The average Bonchev–Trinajstić information content (AvgIpc) is 1.64. The zero-order chi connectivity index (χ0) is 5.98. The van der Waals surface area contributed by atoms with Crippen LogP contribution >= 0.6 is 0 Å². The van der Waals surface area contributed by atoms with Crippen LogP contribution in [0.15, 0.2) is 24.3 Å². The van der Waals surface area contributed by atoms with E-state index in [4.69, 9.17) is 0 Å². The summed E-state index contributed by atoms with van der Waals surface area (Å²) < 4.78 is 2.90. The van der Waals surface area contributed by atoms with Gasteiger partial charge in [0.2, 0.25) is 0 Å². The Labute approximate surface area is 75.8 Å². The van der Waals surface area contributed by atoms with Crippen LogP contribution < -0.4 is 7.16 Å². The molecule has 0 atom stereocenters.